The highest BCUT2D eigenvalue weighted by Crippen LogP contribution is 2.34. The fourth-order valence-corrected chi connectivity index (χ4v) is 9.16. The van der Waals surface area contributed by atoms with Gasteiger partial charge < -0.3 is 40.2 Å². The summed E-state index contributed by atoms with van der Waals surface area (Å²) in [5, 5.41) is 13.3. The SMILES string of the molecule is Fc1ccccc1COCCCOc1ccc(C2CCNC[C@H]2NCc2ccc(F)c(C(F)(F)F)c2)cc1.Fc1ccccc1COCCCOc1ccc([C@@H]2CCNC[C@@H]2NCc2ccc(F)c(C(F)(F)F)c2)cc1. The molecule has 6 aromatic carbocycles. The van der Waals surface area contributed by atoms with Crippen LogP contribution in [-0.4, -0.2) is 64.7 Å². The lowest BCUT2D eigenvalue weighted by atomic mass is 9.86. The molecule has 0 radical (unpaired) electrons. The van der Waals surface area contributed by atoms with Crippen molar-refractivity contribution in [3.05, 3.63) is 201 Å². The number of hydrogen-bond acceptors (Lipinski definition) is 8. The summed E-state index contributed by atoms with van der Waals surface area (Å²) in [6.07, 6.45) is -6.39. The molecule has 0 amide bonds. The summed E-state index contributed by atoms with van der Waals surface area (Å²) in [6, 6.07) is 34.9. The van der Waals surface area contributed by atoms with E-state index in [0.717, 1.165) is 72.8 Å². The normalized spacial score (nSPS) is 17.9. The van der Waals surface area contributed by atoms with Crippen molar-refractivity contribution < 1.29 is 62.9 Å². The summed E-state index contributed by atoms with van der Waals surface area (Å²) in [4.78, 5) is 0. The Hall–Kier alpha value is -6.02. The van der Waals surface area contributed by atoms with Gasteiger partial charge in [-0.25, -0.2) is 17.6 Å². The van der Waals surface area contributed by atoms with Crippen LogP contribution in [0.3, 0.4) is 0 Å². The van der Waals surface area contributed by atoms with Crippen LogP contribution in [0.15, 0.2) is 133 Å². The van der Waals surface area contributed by atoms with Crippen LogP contribution >= 0.6 is 0 Å². The van der Waals surface area contributed by atoms with E-state index in [1.807, 2.05) is 48.5 Å². The number of benzene rings is 6. The minimum Gasteiger partial charge on any atom is -0.494 e. The maximum atomic E-state index is 13.6. The molecule has 4 N–H and O–H groups in total. The smallest absolute Gasteiger partial charge is 0.419 e. The Morgan fingerprint density at radius 1 is 0.461 bits per heavy atom. The van der Waals surface area contributed by atoms with E-state index >= 15 is 0 Å². The molecular formula is C58H62F10N4O4. The van der Waals surface area contributed by atoms with Gasteiger partial charge in [0.15, 0.2) is 0 Å². The summed E-state index contributed by atoms with van der Waals surface area (Å²) in [5.74, 6) is -1.30. The quantitative estimate of drug-likeness (QED) is 0.0395. The van der Waals surface area contributed by atoms with Crippen molar-refractivity contribution in [1.29, 1.82) is 0 Å². The molecule has 0 saturated carbocycles. The largest absolute Gasteiger partial charge is 0.494 e. The molecule has 2 aliphatic rings. The van der Waals surface area contributed by atoms with Crippen molar-refractivity contribution in [2.75, 3.05) is 52.6 Å². The number of rotatable bonds is 22. The second-order valence-corrected chi connectivity index (χ2v) is 18.6. The zero-order chi connectivity index (χ0) is 53.9. The van der Waals surface area contributed by atoms with Gasteiger partial charge in [0.1, 0.15) is 34.8 Å². The first-order valence-corrected chi connectivity index (χ1v) is 25.3. The van der Waals surface area contributed by atoms with Crippen molar-refractivity contribution >= 4 is 0 Å². The molecule has 18 heteroatoms. The molecule has 0 aliphatic carbocycles. The summed E-state index contributed by atoms with van der Waals surface area (Å²) in [7, 11) is 0. The van der Waals surface area contributed by atoms with Gasteiger partial charge in [-0.2, -0.15) is 26.3 Å². The van der Waals surface area contributed by atoms with Crippen LogP contribution in [0.5, 0.6) is 11.5 Å². The molecule has 8 nitrogen and oxygen atoms in total. The minimum atomic E-state index is -4.73. The Labute approximate surface area is 436 Å². The third-order valence-electron chi connectivity index (χ3n) is 13.2. The third kappa shape index (κ3) is 17.5. The van der Waals surface area contributed by atoms with Crippen LogP contribution < -0.4 is 30.7 Å². The van der Waals surface area contributed by atoms with Crippen molar-refractivity contribution in [3.63, 3.8) is 0 Å². The molecule has 6 aromatic rings. The number of halogens is 10. The molecule has 0 spiro atoms. The van der Waals surface area contributed by atoms with Gasteiger partial charge in [-0.3, -0.25) is 0 Å². The Bertz CT molecular complexity index is 2530. The van der Waals surface area contributed by atoms with Gasteiger partial charge >= 0.3 is 12.4 Å². The minimum absolute atomic E-state index is 0.00140. The summed E-state index contributed by atoms with van der Waals surface area (Å²) in [5.41, 5.74) is 1.54. The fourth-order valence-electron chi connectivity index (χ4n) is 9.16. The molecule has 2 saturated heterocycles. The zero-order valence-electron chi connectivity index (χ0n) is 41.7. The first kappa shape index (κ1) is 57.7. The maximum Gasteiger partial charge on any atom is 0.419 e. The molecule has 2 fully saturated rings. The molecule has 8 rings (SSSR count). The highest BCUT2D eigenvalue weighted by atomic mass is 19.4. The molecule has 2 aliphatic heterocycles. The van der Waals surface area contributed by atoms with E-state index in [-0.39, 0.29) is 61.9 Å². The lowest BCUT2D eigenvalue weighted by molar-refractivity contribution is -0.140. The topological polar surface area (TPSA) is 85.0 Å². The summed E-state index contributed by atoms with van der Waals surface area (Å²) in [6.45, 7) is 5.68. The lowest BCUT2D eigenvalue weighted by Gasteiger charge is -2.33. The number of alkyl halides is 6. The van der Waals surface area contributed by atoms with Gasteiger partial charge in [0.05, 0.1) is 50.8 Å². The molecule has 408 valence electrons. The Balaban J connectivity index is 0.000000221. The summed E-state index contributed by atoms with van der Waals surface area (Å²) < 4.78 is 155. The molecule has 76 heavy (non-hydrogen) atoms. The third-order valence-corrected chi connectivity index (χ3v) is 13.2. The van der Waals surface area contributed by atoms with Crippen molar-refractivity contribution in [2.24, 2.45) is 0 Å². The van der Waals surface area contributed by atoms with E-state index in [0.29, 0.717) is 74.6 Å². The van der Waals surface area contributed by atoms with Crippen LogP contribution in [0.1, 0.15) is 82.0 Å². The van der Waals surface area contributed by atoms with Crippen molar-refractivity contribution in [2.45, 2.75) is 88.3 Å². The predicted molar refractivity (Wildman–Crippen MR) is 270 cm³/mol. The van der Waals surface area contributed by atoms with E-state index in [1.54, 1.807) is 36.4 Å². The Kier molecular flexibility index (Phi) is 21.5. The highest BCUT2D eigenvalue weighted by Gasteiger charge is 2.36. The number of ether oxygens (including phenoxy) is 4. The molecule has 0 bridgehead atoms. The first-order valence-electron chi connectivity index (χ1n) is 25.3. The summed E-state index contributed by atoms with van der Waals surface area (Å²) >= 11 is 0. The average Bonchev–Trinajstić information content (AvgIpc) is 3.42. The van der Waals surface area contributed by atoms with Crippen LogP contribution in [0.2, 0.25) is 0 Å². The second-order valence-electron chi connectivity index (χ2n) is 18.6. The molecular weight excluding hydrogens is 1010 g/mol. The van der Waals surface area contributed by atoms with E-state index in [1.165, 1.54) is 24.3 Å². The Morgan fingerprint density at radius 2 is 0.855 bits per heavy atom. The zero-order valence-corrected chi connectivity index (χ0v) is 41.7. The molecule has 0 aromatic heterocycles. The van der Waals surface area contributed by atoms with E-state index in [2.05, 4.69) is 21.3 Å². The molecule has 1 unspecified atom stereocenters. The van der Waals surface area contributed by atoms with Crippen LogP contribution in [-0.2, 0) is 48.1 Å². The highest BCUT2D eigenvalue weighted by molar-refractivity contribution is 5.33. The van der Waals surface area contributed by atoms with Crippen molar-refractivity contribution in [3.8, 4) is 11.5 Å². The first-order chi connectivity index (χ1) is 36.6. The van der Waals surface area contributed by atoms with Gasteiger partial charge in [0, 0.05) is 74.1 Å². The van der Waals surface area contributed by atoms with Crippen molar-refractivity contribution in [1.82, 2.24) is 21.3 Å². The standard InChI is InChI=1S/2C29H31F5N2O2/c2*30-26-5-2-1-4-22(26)19-37-14-3-15-38-23-9-7-21(8-10-23)24-12-13-35-18-28(24)36-17-20-6-11-27(31)25(16-20)29(32,33)34/h2*1-2,4-11,16,24,28,35-36H,3,12-15,17-19H2/t24?,28-;24-,28-/m10/s1. The Morgan fingerprint density at radius 3 is 1.24 bits per heavy atom. The van der Waals surface area contributed by atoms with Gasteiger partial charge in [0.25, 0.3) is 0 Å². The van der Waals surface area contributed by atoms with Gasteiger partial charge in [-0.05, 0) is 109 Å². The number of hydrogen-bond donors (Lipinski definition) is 4. The van der Waals surface area contributed by atoms with E-state index in [4.69, 9.17) is 18.9 Å². The van der Waals surface area contributed by atoms with Gasteiger partial charge in [0.2, 0.25) is 0 Å². The van der Waals surface area contributed by atoms with E-state index in [9.17, 15) is 43.9 Å². The van der Waals surface area contributed by atoms with Crippen LogP contribution in [0, 0.1) is 23.3 Å². The van der Waals surface area contributed by atoms with Gasteiger partial charge in [-0.15, -0.1) is 0 Å². The fraction of sp³-hybridized carbons (Fsp3) is 0.379. The number of nitrogens with one attached hydrogen (secondary N) is 4. The molecule has 4 atom stereocenters. The van der Waals surface area contributed by atoms with Gasteiger partial charge in [-0.1, -0.05) is 72.8 Å². The molecule has 2 heterocycles. The van der Waals surface area contributed by atoms with E-state index < -0.39 is 35.1 Å². The monoisotopic (exact) mass is 1070 g/mol. The predicted octanol–water partition coefficient (Wildman–Crippen LogP) is 12.4. The second kappa shape index (κ2) is 28.4. The number of piperidine rings is 2. The lowest BCUT2D eigenvalue weighted by Crippen LogP contribution is -2.47. The maximum absolute atomic E-state index is 13.6. The average molecular weight is 1070 g/mol. The van der Waals surface area contributed by atoms with Crippen LogP contribution in [0.4, 0.5) is 43.9 Å². The van der Waals surface area contributed by atoms with Crippen LogP contribution in [0.25, 0.3) is 0 Å².